The van der Waals surface area contributed by atoms with E-state index in [2.05, 4.69) is 26.6 Å². The van der Waals surface area contributed by atoms with Crippen molar-refractivity contribution in [3.8, 4) is 0 Å². The summed E-state index contributed by atoms with van der Waals surface area (Å²) < 4.78 is 0.802. The Labute approximate surface area is 120 Å². The minimum Gasteiger partial charge on any atom is -0.325 e. The number of nitrogens with one attached hydrogen (secondary N) is 2. The van der Waals surface area contributed by atoms with Gasteiger partial charge in [0, 0.05) is 16.0 Å². The van der Waals surface area contributed by atoms with Crippen LogP contribution in [0.15, 0.2) is 22.7 Å². The molecule has 2 rings (SSSR count). The summed E-state index contributed by atoms with van der Waals surface area (Å²) in [5, 5.41) is 6.88. The smallest absolute Gasteiger partial charge is 0.231 e. The van der Waals surface area contributed by atoms with Gasteiger partial charge in [-0.2, -0.15) is 0 Å². The van der Waals surface area contributed by atoms with Crippen molar-refractivity contribution in [3.63, 3.8) is 0 Å². The lowest BCUT2D eigenvalue weighted by molar-refractivity contribution is -0.125. The first-order valence-electron chi connectivity index (χ1n) is 5.98. The third kappa shape index (κ3) is 3.05. The number of halogens is 2. The second kappa shape index (κ2) is 5.59. The predicted octanol–water partition coefficient (Wildman–Crippen LogP) is 3.43. The van der Waals surface area contributed by atoms with Gasteiger partial charge in [-0.15, -0.1) is 0 Å². The van der Waals surface area contributed by atoms with E-state index >= 15 is 0 Å². The van der Waals surface area contributed by atoms with E-state index < -0.39 is 0 Å². The Morgan fingerprint density at radius 2 is 2.33 bits per heavy atom. The van der Waals surface area contributed by atoms with Gasteiger partial charge in [-0.25, -0.2) is 0 Å². The normalized spacial score (nSPS) is 23.7. The summed E-state index contributed by atoms with van der Waals surface area (Å²) in [5.41, 5.74) is 0.424. The molecule has 0 aliphatic carbocycles. The molecule has 1 fully saturated rings. The van der Waals surface area contributed by atoms with Crippen LogP contribution in [0.4, 0.5) is 5.69 Å². The fourth-order valence-electron chi connectivity index (χ4n) is 2.11. The number of amides is 1. The number of rotatable bonds is 2. The van der Waals surface area contributed by atoms with Crippen LogP contribution in [0.25, 0.3) is 0 Å². The molecule has 5 heteroatoms. The molecule has 1 heterocycles. The highest BCUT2D eigenvalue weighted by atomic mass is 79.9. The zero-order valence-electron chi connectivity index (χ0n) is 10.2. The van der Waals surface area contributed by atoms with E-state index in [1.807, 2.05) is 13.0 Å². The average Bonchev–Trinajstić information content (AvgIpc) is 2.33. The largest absolute Gasteiger partial charge is 0.325 e. The van der Waals surface area contributed by atoms with Crippen molar-refractivity contribution in [2.75, 3.05) is 18.4 Å². The summed E-state index contributed by atoms with van der Waals surface area (Å²) in [5.74, 6) is 0.0534. The summed E-state index contributed by atoms with van der Waals surface area (Å²) in [6.07, 6.45) is 1.95. The van der Waals surface area contributed by atoms with Gasteiger partial charge in [-0.1, -0.05) is 11.6 Å². The Morgan fingerprint density at radius 3 is 2.94 bits per heavy atom. The molecule has 0 radical (unpaired) electrons. The van der Waals surface area contributed by atoms with Gasteiger partial charge in [0.15, 0.2) is 0 Å². The minimum absolute atomic E-state index is 0.0534. The lowest BCUT2D eigenvalue weighted by Crippen LogP contribution is -2.46. The van der Waals surface area contributed by atoms with Crippen LogP contribution in [-0.4, -0.2) is 19.0 Å². The molecule has 0 spiro atoms. The second-order valence-corrected chi connectivity index (χ2v) is 6.21. The van der Waals surface area contributed by atoms with E-state index in [9.17, 15) is 4.79 Å². The Hall–Kier alpha value is -0.580. The maximum Gasteiger partial charge on any atom is 0.231 e. The molecule has 1 saturated heterocycles. The first kappa shape index (κ1) is 13.8. The van der Waals surface area contributed by atoms with Gasteiger partial charge in [0.1, 0.15) is 0 Å². The van der Waals surface area contributed by atoms with Gasteiger partial charge in [0.05, 0.1) is 11.1 Å². The van der Waals surface area contributed by atoms with Crippen molar-refractivity contribution in [1.29, 1.82) is 0 Å². The van der Waals surface area contributed by atoms with Gasteiger partial charge in [-0.05, 0) is 60.4 Å². The average molecular weight is 332 g/mol. The van der Waals surface area contributed by atoms with Gasteiger partial charge in [0.2, 0.25) is 5.91 Å². The quantitative estimate of drug-likeness (QED) is 0.871. The Bertz CT molecular complexity index is 458. The summed E-state index contributed by atoms with van der Waals surface area (Å²) in [6.45, 7) is 3.72. The number of benzene rings is 1. The Kier molecular flexibility index (Phi) is 4.30. The van der Waals surface area contributed by atoms with Gasteiger partial charge in [0.25, 0.3) is 0 Å². The van der Waals surface area contributed by atoms with Gasteiger partial charge >= 0.3 is 0 Å². The van der Waals surface area contributed by atoms with Crippen LogP contribution in [0, 0.1) is 5.41 Å². The van der Waals surface area contributed by atoms with Crippen molar-refractivity contribution in [3.05, 3.63) is 27.7 Å². The molecule has 1 unspecified atom stereocenters. The minimum atomic E-state index is -0.336. The van der Waals surface area contributed by atoms with Crippen LogP contribution < -0.4 is 10.6 Å². The van der Waals surface area contributed by atoms with Crippen molar-refractivity contribution in [2.45, 2.75) is 19.8 Å². The zero-order chi connectivity index (χ0) is 13.2. The molecule has 0 aromatic heterocycles. The van der Waals surface area contributed by atoms with Crippen LogP contribution in [0.3, 0.4) is 0 Å². The molecule has 2 N–H and O–H groups in total. The first-order valence-corrected chi connectivity index (χ1v) is 7.16. The molecular formula is C13H16BrClN2O. The van der Waals surface area contributed by atoms with Crippen molar-refractivity contribution < 1.29 is 4.79 Å². The molecule has 18 heavy (non-hydrogen) atoms. The molecule has 98 valence electrons. The van der Waals surface area contributed by atoms with E-state index in [0.717, 1.165) is 36.1 Å². The first-order chi connectivity index (χ1) is 8.51. The van der Waals surface area contributed by atoms with Crippen LogP contribution in [0.5, 0.6) is 0 Å². The summed E-state index contributed by atoms with van der Waals surface area (Å²) in [4.78, 5) is 12.3. The molecule has 1 aliphatic rings. The summed E-state index contributed by atoms with van der Waals surface area (Å²) in [6, 6.07) is 5.35. The highest BCUT2D eigenvalue weighted by Gasteiger charge is 2.34. The van der Waals surface area contributed by atoms with Gasteiger partial charge in [-0.3, -0.25) is 4.79 Å². The topological polar surface area (TPSA) is 41.1 Å². The molecule has 3 nitrogen and oxygen atoms in total. The molecule has 1 amide bonds. The number of hydrogen-bond acceptors (Lipinski definition) is 2. The molecule has 1 atom stereocenters. The van der Waals surface area contributed by atoms with Crippen molar-refractivity contribution in [2.24, 2.45) is 5.41 Å². The molecule has 1 aromatic rings. The number of piperidine rings is 1. The predicted molar refractivity (Wildman–Crippen MR) is 78.0 cm³/mol. The Morgan fingerprint density at radius 1 is 1.56 bits per heavy atom. The fraction of sp³-hybridized carbons (Fsp3) is 0.462. The summed E-state index contributed by atoms with van der Waals surface area (Å²) >= 11 is 9.28. The third-order valence-corrected chi connectivity index (χ3v) is 4.22. The molecule has 1 aliphatic heterocycles. The lowest BCUT2D eigenvalue weighted by atomic mass is 9.82. The highest BCUT2D eigenvalue weighted by molar-refractivity contribution is 9.10. The molecule has 0 saturated carbocycles. The van der Waals surface area contributed by atoms with Crippen LogP contribution in [0.1, 0.15) is 19.8 Å². The maximum atomic E-state index is 12.3. The molecule has 0 bridgehead atoms. The van der Waals surface area contributed by atoms with E-state index in [1.54, 1.807) is 12.1 Å². The fourth-order valence-corrected chi connectivity index (χ4v) is 2.90. The maximum absolute atomic E-state index is 12.3. The number of anilines is 1. The number of carbonyl (C=O) groups is 1. The highest BCUT2D eigenvalue weighted by Crippen LogP contribution is 2.30. The van der Waals surface area contributed by atoms with Crippen molar-refractivity contribution in [1.82, 2.24) is 5.32 Å². The number of carbonyl (C=O) groups excluding carboxylic acids is 1. The van der Waals surface area contributed by atoms with Crippen LogP contribution in [-0.2, 0) is 4.79 Å². The zero-order valence-corrected chi connectivity index (χ0v) is 12.6. The van der Waals surface area contributed by atoms with Crippen molar-refractivity contribution >= 4 is 39.1 Å². The van der Waals surface area contributed by atoms with Crippen LogP contribution in [0.2, 0.25) is 5.02 Å². The molecule has 1 aromatic carbocycles. The van der Waals surface area contributed by atoms with E-state index in [0.29, 0.717) is 5.02 Å². The lowest BCUT2D eigenvalue weighted by Gasteiger charge is -2.32. The summed E-state index contributed by atoms with van der Waals surface area (Å²) in [7, 11) is 0. The monoisotopic (exact) mass is 330 g/mol. The standard InChI is InChI=1S/C13H16BrClN2O/c1-13(5-2-6-16-8-13)12(18)17-11-4-3-9(15)7-10(11)14/h3-4,7,16H,2,5-6,8H2,1H3,(H,17,18). The Balaban J connectivity index is 2.11. The van der Waals surface area contributed by atoms with Gasteiger partial charge < -0.3 is 10.6 Å². The SMILES string of the molecule is CC1(C(=O)Nc2ccc(Cl)cc2Br)CCCNC1. The van der Waals surface area contributed by atoms with E-state index in [4.69, 9.17) is 11.6 Å². The van der Waals surface area contributed by atoms with Crippen LogP contribution >= 0.6 is 27.5 Å². The number of hydrogen-bond donors (Lipinski definition) is 2. The van der Waals surface area contributed by atoms with E-state index in [-0.39, 0.29) is 11.3 Å². The second-order valence-electron chi connectivity index (χ2n) is 4.92. The third-order valence-electron chi connectivity index (χ3n) is 3.32. The van der Waals surface area contributed by atoms with E-state index in [1.165, 1.54) is 0 Å². The molecular weight excluding hydrogens is 316 g/mol.